The van der Waals surface area contributed by atoms with E-state index in [-0.39, 0.29) is 0 Å². The van der Waals surface area contributed by atoms with E-state index in [9.17, 15) is 0 Å². The molecular weight excluding hydrogens is 719 g/mol. The van der Waals surface area contributed by atoms with Gasteiger partial charge in [0.15, 0.2) is 11.3 Å². The van der Waals surface area contributed by atoms with Crippen molar-refractivity contribution in [2.24, 2.45) is 0 Å². The van der Waals surface area contributed by atoms with Crippen molar-refractivity contribution < 1.29 is 0 Å². The van der Waals surface area contributed by atoms with Crippen molar-refractivity contribution in [2.45, 2.75) is 0 Å². The number of benzene rings is 9. The molecule has 0 atom stereocenters. The summed E-state index contributed by atoms with van der Waals surface area (Å²) in [5.74, 6) is 0. The van der Waals surface area contributed by atoms with Crippen LogP contribution in [0.1, 0.15) is 0 Å². The topological polar surface area (TPSA) is 39.5 Å². The first-order chi connectivity index (χ1) is 29.3. The molecule has 9 aromatic carbocycles. The van der Waals surface area contributed by atoms with Crippen LogP contribution in [0, 0.1) is 0 Å². The van der Waals surface area contributed by atoms with Gasteiger partial charge in [-0.05, 0) is 75.6 Å². The molecule has 0 aliphatic rings. The van der Waals surface area contributed by atoms with Gasteiger partial charge in [-0.1, -0.05) is 127 Å². The Kier molecular flexibility index (Phi) is 5.36. The Labute approximate surface area is 334 Å². The molecule has 0 saturated carbocycles. The molecule has 0 N–H and O–H groups in total. The monoisotopic (exact) mass is 747 g/mol. The molecule has 5 nitrogen and oxygen atoms in total. The van der Waals surface area contributed by atoms with E-state index in [1.54, 1.807) is 0 Å². The maximum absolute atomic E-state index is 5.73. The minimum absolute atomic E-state index is 0.891. The van der Waals surface area contributed by atoms with Gasteiger partial charge >= 0.3 is 0 Å². The first-order valence-electron chi connectivity index (χ1n) is 20.3. The lowest BCUT2D eigenvalue weighted by Crippen LogP contribution is -1.93. The van der Waals surface area contributed by atoms with Crippen LogP contribution >= 0.6 is 0 Å². The summed E-state index contributed by atoms with van der Waals surface area (Å²) in [5, 5.41) is 14.5. The lowest BCUT2D eigenvalue weighted by Gasteiger charge is -2.09. The largest absolute Gasteiger partial charge is 0.309 e. The number of para-hydroxylation sites is 4. The first-order valence-corrected chi connectivity index (χ1v) is 20.3. The van der Waals surface area contributed by atoms with Crippen LogP contribution in [0.2, 0.25) is 0 Å². The maximum Gasteiger partial charge on any atom is 0.165 e. The third kappa shape index (κ3) is 3.63. The van der Waals surface area contributed by atoms with E-state index < -0.39 is 0 Å². The van der Waals surface area contributed by atoms with Gasteiger partial charge in [-0.15, -0.1) is 0 Å². The van der Waals surface area contributed by atoms with Crippen molar-refractivity contribution in [3.8, 4) is 16.8 Å². The zero-order chi connectivity index (χ0) is 38.1. The summed E-state index contributed by atoms with van der Waals surface area (Å²) < 4.78 is 7.18. The normalized spacial score (nSPS) is 12.7. The van der Waals surface area contributed by atoms with E-state index >= 15 is 0 Å². The smallest absolute Gasteiger partial charge is 0.165 e. The van der Waals surface area contributed by atoms with Gasteiger partial charge in [-0.3, -0.25) is 8.80 Å². The van der Waals surface area contributed by atoms with Gasteiger partial charge in [0.1, 0.15) is 11.0 Å². The van der Waals surface area contributed by atoms with Gasteiger partial charge in [0.05, 0.1) is 33.1 Å². The number of nitrogens with zero attached hydrogens (tertiary/aromatic N) is 5. The molecule has 0 saturated heterocycles. The summed E-state index contributed by atoms with van der Waals surface area (Å²) in [6.45, 7) is 0. The number of fused-ring (bicyclic) bond motifs is 18. The van der Waals surface area contributed by atoms with E-state index in [1.807, 2.05) is 0 Å². The van der Waals surface area contributed by atoms with Crippen LogP contribution in [0.4, 0.5) is 0 Å². The molecule has 5 heteroatoms. The van der Waals surface area contributed by atoms with Crippen LogP contribution in [-0.4, -0.2) is 23.3 Å². The van der Waals surface area contributed by atoms with Crippen LogP contribution in [0.25, 0.3) is 137 Å². The SMILES string of the molecule is c1ccc(-n2c3ccccc3c3cc(-c4cccc5c6cc7ccccc7c7c8nc9c(nc8n(c45)c67)c4cccc5c6cc7ccccc7cc6n9c54)ccc32)cc1. The maximum atomic E-state index is 5.73. The van der Waals surface area contributed by atoms with Crippen molar-refractivity contribution in [1.82, 2.24) is 23.3 Å². The Bertz CT molecular complexity index is 4300. The second kappa shape index (κ2) is 10.5. The van der Waals surface area contributed by atoms with Gasteiger partial charge in [-0.2, -0.15) is 0 Å². The molecule has 0 bridgehead atoms. The number of hydrogen-bond donors (Lipinski definition) is 0. The number of rotatable bonds is 2. The summed E-state index contributed by atoms with van der Waals surface area (Å²) in [6, 6.07) is 64.3. The van der Waals surface area contributed by atoms with Crippen LogP contribution in [0.15, 0.2) is 176 Å². The first kappa shape index (κ1) is 30.2. The molecule has 0 aliphatic heterocycles. The molecule has 6 heterocycles. The van der Waals surface area contributed by atoms with Crippen LogP contribution in [0.5, 0.6) is 0 Å². The summed E-state index contributed by atoms with van der Waals surface area (Å²) in [6.07, 6.45) is 0. The fourth-order valence-electron chi connectivity index (χ4n) is 10.8. The van der Waals surface area contributed by atoms with E-state index in [0.717, 1.165) is 49.8 Å². The summed E-state index contributed by atoms with van der Waals surface area (Å²) >= 11 is 0. The zero-order valence-corrected chi connectivity index (χ0v) is 31.5. The highest BCUT2D eigenvalue weighted by Gasteiger charge is 2.27. The van der Waals surface area contributed by atoms with Gasteiger partial charge in [0.2, 0.25) is 0 Å². The van der Waals surface area contributed by atoms with Crippen molar-refractivity contribution in [1.29, 1.82) is 0 Å². The molecule has 59 heavy (non-hydrogen) atoms. The fraction of sp³-hybridized carbons (Fsp3) is 0. The van der Waals surface area contributed by atoms with E-state index in [0.29, 0.717) is 0 Å². The molecule has 0 unspecified atom stereocenters. The Morgan fingerprint density at radius 1 is 0.339 bits per heavy atom. The van der Waals surface area contributed by atoms with Crippen molar-refractivity contribution in [3.05, 3.63) is 176 Å². The molecule has 0 fully saturated rings. The number of hydrogen-bond acceptors (Lipinski definition) is 2. The molecule has 0 aliphatic carbocycles. The fourth-order valence-corrected chi connectivity index (χ4v) is 10.8. The van der Waals surface area contributed by atoms with E-state index in [1.165, 1.54) is 87.1 Å². The summed E-state index contributed by atoms with van der Waals surface area (Å²) in [7, 11) is 0. The van der Waals surface area contributed by atoms with Crippen LogP contribution in [-0.2, 0) is 0 Å². The Hall–Kier alpha value is -8.02. The second-order valence-electron chi connectivity index (χ2n) is 16.1. The Balaban J connectivity index is 1.10. The minimum Gasteiger partial charge on any atom is -0.309 e. The highest BCUT2D eigenvalue weighted by molar-refractivity contribution is 6.32. The quantitative estimate of drug-likeness (QED) is 0.177. The lowest BCUT2D eigenvalue weighted by molar-refractivity contribution is 1.18. The van der Waals surface area contributed by atoms with Crippen molar-refractivity contribution in [3.63, 3.8) is 0 Å². The third-order valence-electron chi connectivity index (χ3n) is 13.2. The molecule has 0 amide bonds. The minimum atomic E-state index is 0.891. The molecule has 15 aromatic rings. The van der Waals surface area contributed by atoms with Crippen LogP contribution in [0.3, 0.4) is 0 Å². The molecule has 6 aromatic heterocycles. The average Bonchev–Trinajstić information content (AvgIpc) is 4.07. The van der Waals surface area contributed by atoms with Crippen molar-refractivity contribution >= 4 is 120 Å². The highest BCUT2D eigenvalue weighted by atomic mass is 15.1. The van der Waals surface area contributed by atoms with Crippen LogP contribution < -0.4 is 0 Å². The predicted molar refractivity (Wildman–Crippen MR) is 246 cm³/mol. The zero-order valence-electron chi connectivity index (χ0n) is 31.5. The van der Waals surface area contributed by atoms with Gasteiger partial charge in [-0.25, -0.2) is 9.97 Å². The highest BCUT2D eigenvalue weighted by Crippen LogP contribution is 2.47. The Morgan fingerprint density at radius 3 is 1.85 bits per heavy atom. The van der Waals surface area contributed by atoms with E-state index in [2.05, 4.69) is 189 Å². The standard InChI is InChI=1S/C54H29N5/c1-2-15-34(16-3-1)57-44-23-9-8-18-37(44)41-27-33(24-25-45(41)57)36-19-10-21-39-43-28-32-14-6-7-17-35(32)47-49-54(59(50(36)39)52(43)47)55-48-40-22-11-20-38-42-26-30-12-4-5-13-31(30)29-46(42)58(51(38)40)53(48)56-49/h1-29H. The Morgan fingerprint density at radius 2 is 0.966 bits per heavy atom. The summed E-state index contributed by atoms with van der Waals surface area (Å²) in [4.78, 5) is 11.5. The third-order valence-corrected chi connectivity index (χ3v) is 13.2. The molecule has 0 spiro atoms. The van der Waals surface area contributed by atoms with E-state index in [4.69, 9.17) is 9.97 Å². The average molecular weight is 748 g/mol. The summed E-state index contributed by atoms with van der Waals surface area (Å²) in [5.41, 5.74) is 14.2. The van der Waals surface area contributed by atoms with Crippen molar-refractivity contribution in [2.75, 3.05) is 0 Å². The second-order valence-corrected chi connectivity index (χ2v) is 16.1. The lowest BCUT2D eigenvalue weighted by atomic mass is 9.98. The molecule has 270 valence electrons. The number of aromatic nitrogens is 5. The molecular formula is C54H29N5. The molecule has 0 radical (unpaired) electrons. The molecule has 15 rings (SSSR count). The predicted octanol–water partition coefficient (Wildman–Crippen LogP) is 13.8. The van der Waals surface area contributed by atoms with Gasteiger partial charge in [0, 0.05) is 54.3 Å². The van der Waals surface area contributed by atoms with Gasteiger partial charge in [0.25, 0.3) is 0 Å². The van der Waals surface area contributed by atoms with Gasteiger partial charge < -0.3 is 4.57 Å².